The number of aromatic nitrogens is 3. The van der Waals surface area contributed by atoms with Crippen molar-refractivity contribution in [1.29, 1.82) is 0 Å². The highest BCUT2D eigenvalue weighted by Crippen LogP contribution is 2.34. The summed E-state index contributed by atoms with van der Waals surface area (Å²) in [5.74, 6) is 0.812. The lowest BCUT2D eigenvalue weighted by atomic mass is 10.2. The number of thiazole rings is 1. The maximum absolute atomic E-state index is 4.57. The maximum Gasteiger partial charge on any atom is 0.143 e. The van der Waals surface area contributed by atoms with E-state index in [1.54, 1.807) is 17.7 Å². The molecule has 0 aliphatic heterocycles. The Bertz CT molecular complexity index is 1020. The zero-order chi connectivity index (χ0) is 16.7. The predicted octanol–water partition coefficient (Wildman–Crippen LogP) is 4.36. The highest BCUT2D eigenvalue weighted by Gasteiger charge is 2.11. The lowest BCUT2D eigenvalue weighted by Crippen LogP contribution is -2.08. The number of nitrogens with zero attached hydrogens (tertiary/aromatic N) is 4. The molecule has 0 radical (unpaired) electrons. The van der Waals surface area contributed by atoms with Gasteiger partial charge in [-0.1, -0.05) is 0 Å². The third-order valence-corrected chi connectivity index (χ3v) is 4.91. The van der Waals surface area contributed by atoms with Crippen molar-refractivity contribution in [2.45, 2.75) is 6.92 Å². The standard InChI is InChI=1S/C18H17N5S/c1-11-21-15-9-8-14-16(17(15)24-11)18(20-10-19-14)22-12-4-6-13(7-5-12)23(2)3/h4-10H,1-3H3,(H,19,20,22). The first kappa shape index (κ1) is 14.8. The molecule has 0 aliphatic rings. The van der Waals surface area contributed by atoms with E-state index in [1.807, 2.05) is 33.2 Å². The van der Waals surface area contributed by atoms with E-state index in [0.29, 0.717) is 0 Å². The van der Waals surface area contributed by atoms with Crippen LogP contribution in [0, 0.1) is 6.92 Å². The Labute approximate surface area is 144 Å². The van der Waals surface area contributed by atoms with Crippen molar-refractivity contribution in [3.05, 3.63) is 47.7 Å². The number of benzene rings is 2. The van der Waals surface area contributed by atoms with Gasteiger partial charge in [0.05, 0.1) is 26.1 Å². The molecule has 1 N–H and O–H groups in total. The molecule has 0 amide bonds. The Kier molecular flexibility index (Phi) is 3.54. The molecule has 120 valence electrons. The summed E-state index contributed by atoms with van der Waals surface area (Å²) in [6.07, 6.45) is 1.60. The zero-order valence-corrected chi connectivity index (χ0v) is 14.6. The second kappa shape index (κ2) is 5.72. The van der Waals surface area contributed by atoms with Crippen molar-refractivity contribution in [1.82, 2.24) is 15.0 Å². The minimum absolute atomic E-state index is 0.812. The van der Waals surface area contributed by atoms with Gasteiger partial charge in [-0.05, 0) is 43.3 Å². The van der Waals surface area contributed by atoms with Crippen LogP contribution < -0.4 is 10.2 Å². The number of anilines is 3. The van der Waals surface area contributed by atoms with Crippen LogP contribution in [-0.2, 0) is 0 Å². The summed E-state index contributed by atoms with van der Waals surface area (Å²) in [5.41, 5.74) is 4.08. The van der Waals surface area contributed by atoms with E-state index in [0.717, 1.165) is 43.3 Å². The molecule has 0 unspecified atom stereocenters. The molecule has 0 bridgehead atoms. The van der Waals surface area contributed by atoms with Crippen LogP contribution in [0.15, 0.2) is 42.7 Å². The van der Waals surface area contributed by atoms with Gasteiger partial charge >= 0.3 is 0 Å². The zero-order valence-electron chi connectivity index (χ0n) is 13.7. The summed E-state index contributed by atoms with van der Waals surface area (Å²) in [7, 11) is 4.06. The van der Waals surface area contributed by atoms with Crippen molar-refractivity contribution in [2.24, 2.45) is 0 Å². The number of aryl methyl sites for hydroxylation is 1. The quantitative estimate of drug-likeness (QED) is 0.603. The SMILES string of the molecule is Cc1nc2ccc3ncnc(Nc4ccc(N(C)C)cc4)c3c2s1. The molecule has 0 spiro atoms. The van der Waals surface area contributed by atoms with Gasteiger partial charge < -0.3 is 10.2 Å². The molecule has 0 atom stereocenters. The van der Waals surface area contributed by atoms with Gasteiger partial charge in [0.2, 0.25) is 0 Å². The van der Waals surface area contributed by atoms with E-state index >= 15 is 0 Å². The number of nitrogens with one attached hydrogen (secondary N) is 1. The van der Waals surface area contributed by atoms with Gasteiger partial charge in [0.15, 0.2) is 0 Å². The minimum atomic E-state index is 0.812. The second-order valence-electron chi connectivity index (χ2n) is 5.83. The molecule has 0 saturated carbocycles. The van der Waals surface area contributed by atoms with E-state index in [9.17, 15) is 0 Å². The van der Waals surface area contributed by atoms with Gasteiger partial charge in [-0.2, -0.15) is 0 Å². The number of hydrogen-bond acceptors (Lipinski definition) is 6. The van der Waals surface area contributed by atoms with Crippen LogP contribution in [0.25, 0.3) is 21.1 Å². The van der Waals surface area contributed by atoms with Crippen LogP contribution in [0.1, 0.15) is 5.01 Å². The number of fused-ring (bicyclic) bond motifs is 3. The lowest BCUT2D eigenvalue weighted by molar-refractivity contribution is 1.13. The Morgan fingerprint density at radius 1 is 0.958 bits per heavy atom. The van der Waals surface area contributed by atoms with Crippen LogP contribution in [0.4, 0.5) is 17.2 Å². The van der Waals surface area contributed by atoms with E-state index in [2.05, 4.69) is 49.4 Å². The molecule has 0 saturated heterocycles. The van der Waals surface area contributed by atoms with Crippen LogP contribution >= 0.6 is 11.3 Å². The van der Waals surface area contributed by atoms with Crippen LogP contribution in [0.2, 0.25) is 0 Å². The summed E-state index contributed by atoms with van der Waals surface area (Å²) in [6, 6.07) is 12.3. The smallest absolute Gasteiger partial charge is 0.143 e. The van der Waals surface area contributed by atoms with Gasteiger partial charge in [0, 0.05) is 25.5 Å². The maximum atomic E-state index is 4.57. The van der Waals surface area contributed by atoms with Crippen LogP contribution in [-0.4, -0.2) is 29.0 Å². The van der Waals surface area contributed by atoms with E-state index in [-0.39, 0.29) is 0 Å². The summed E-state index contributed by atoms with van der Waals surface area (Å²) >= 11 is 1.67. The predicted molar refractivity (Wildman–Crippen MR) is 102 cm³/mol. The summed E-state index contributed by atoms with van der Waals surface area (Å²) < 4.78 is 1.12. The normalized spacial score (nSPS) is 11.1. The van der Waals surface area contributed by atoms with Gasteiger partial charge in [0.25, 0.3) is 0 Å². The summed E-state index contributed by atoms with van der Waals surface area (Å²) in [6.45, 7) is 2.02. The fourth-order valence-corrected chi connectivity index (χ4v) is 3.68. The minimum Gasteiger partial charge on any atom is -0.378 e. The molecule has 0 aliphatic carbocycles. The molecule has 24 heavy (non-hydrogen) atoms. The monoisotopic (exact) mass is 335 g/mol. The van der Waals surface area contributed by atoms with E-state index < -0.39 is 0 Å². The Balaban J connectivity index is 1.82. The van der Waals surface area contributed by atoms with Gasteiger partial charge in [-0.25, -0.2) is 15.0 Å². The van der Waals surface area contributed by atoms with Crippen molar-refractivity contribution in [2.75, 3.05) is 24.3 Å². The summed E-state index contributed by atoms with van der Waals surface area (Å²) in [4.78, 5) is 15.5. The second-order valence-corrected chi connectivity index (χ2v) is 7.03. The topological polar surface area (TPSA) is 53.9 Å². The number of rotatable bonds is 3. The first-order valence-corrected chi connectivity index (χ1v) is 8.49. The average molecular weight is 335 g/mol. The molecule has 5 nitrogen and oxygen atoms in total. The molecule has 2 heterocycles. The fraction of sp³-hybridized carbons (Fsp3) is 0.167. The Morgan fingerprint density at radius 2 is 1.71 bits per heavy atom. The molecular formula is C18H17N5S. The first-order valence-electron chi connectivity index (χ1n) is 7.67. The van der Waals surface area contributed by atoms with E-state index in [4.69, 9.17) is 0 Å². The highest BCUT2D eigenvalue weighted by atomic mass is 32.1. The average Bonchev–Trinajstić information content (AvgIpc) is 2.96. The third-order valence-electron chi connectivity index (χ3n) is 3.91. The summed E-state index contributed by atoms with van der Waals surface area (Å²) in [5, 5.41) is 5.49. The van der Waals surface area contributed by atoms with Gasteiger partial charge in [-0.3, -0.25) is 0 Å². The van der Waals surface area contributed by atoms with Crippen molar-refractivity contribution >= 4 is 49.6 Å². The Morgan fingerprint density at radius 3 is 2.46 bits per heavy atom. The van der Waals surface area contributed by atoms with Gasteiger partial charge in [0.1, 0.15) is 12.1 Å². The molecular weight excluding hydrogens is 318 g/mol. The molecule has 4 aromatic rings. The molecule has 2 aromatic heterocycles. The lowest BCUT2D eigenvalue weighted by Gasteiger charge is -2.13. The van der Waals surface area contributed by atoms with E-state index in [1.165, 1.54) is 0 Å². The number of hydrogen-bond donors (Lipinski definition) is 1. The van der Waals surface area contributed by atoms with Gasteiger partial charge in [-0.15, -0.1) is 11.3 Å². The van der Waals surface area contributed by atoms with Crippen molar-refractivity contribution < 1.29 is 0 Å². The first-order chi connectivity index (χ1) is 11.6. The molecule has 6 heteroatoms. The molecule has 2 aromatic carbocycles. The van der Waals surface area contributed by atoms with Crippen LogP contribution in [0.5, 0.6) is 0 Å². The molecule has 4 rings (SSSR count). The van der Waals surface area contributed by atoms with Crippen molar-refractivity contribution in [3.8, 4) is 0 Å². The third kappa shape index (κ3) is 2.55. The fourth-order valence-electron chi connectivity index (χ4n) is 2.72. The van der Waals surface area contributed by atoms with Crippen molar-refractivity contribution in [3.63, 3.8) is 0 Å². The molecule has 0 fully saturated rings. The Hall–Kier alpha value is -2.73. The van der Waals surface area contributed by atoms with Crippen LogP contribution in [0.3, 0.4) is 0 Å². The highest BCUT2D eigenvalue weighted by molar-refractivity contribution is 7.19. The largest absolute Gasteiger partial charge is 0.378 e.